The Hall–Kier alpha value is -2.16. The van der Waals surface area contributed by atoms with Gasteiger partial charge in [0, 0.05) is 9.77 Å². The normalized spacial score (nSPS) is 10.1. The van der Waals surface area contributed by atoms with Crippen LogP contribution in [0.3, 0.4) is 0 Å². The van der Waals surface area contributed by atoms with E-state index in [2.05, 4.69) is 10.3 Å². The molecule has 0 radical (unpaired) electrons. The summed E-state index contributed by atoms with van der Waals surface area (Å²) in [6.07, 6.45) is 1.37. The topological polar surface area (TPSA) is 99.5 Å². The van der Waals surface area contributed by atoms with Gasteiger partial charge in [-0.2, -0.15) is 0 Å². The van der Waals surface area contributed by atoms with Crippen molar-refractivity contribution in [3.05, 3.63) is 56.9 Å². The van der Waals surface area contributed by atoms with Crippen molar-refractivity contribution in [2.45, 2.75) is 6.54 Å². The fraction of sp³-hybridized carbons (Fsp3) is 0.0714. The van der Waals surface area contributed by atoms with Crippen LogP contribution in [0.25, 0.3) is 0 Å². The highest BCUT2D eigenvalue weighted by Gasteiger charge is 2.12. The van der Waals surface area contributed by atoms with Crippen LogP contribution < -0.4 is 5.32 Å². The summed E-state index contributed by atoms with van der Waals surface area (Å²) in [6, 6.07) is 7.45. The van der Waals surface area contributed by atoms with Crippen LogP contribution in [0.4, 0.5) is 0 Å². The summed E-state index contributed by atoms with van der Waals surface area (Å²) < 4.78 is 0.821. The van der Waals surface area contributed by atoms with Crippen LogP contribution in [-0.4, -0.2) is 27.1 Å². The van der Waals surface area contributed by atoms with E-state index < -0.39 is 11.9 Å². The predicted molar refractivity (Wildman–Crippen MR) is 83.2 cm³/mol. The molecule has 0 saturated carbocycles. The molecule has 0 saturated heterocycles. The number of hydrogen-bond donors (Lipinski definition) is 3. The lowest BCUT2D eigenvalue weighted by molar-refractivity contribution is 0.0696. The van der Waals surface area contributed by atoms with Crippen molar-refractivity contribution < 1.29 is 19.8 Å². The van der Waals surface area contributed by atoms with Gasteiger partial charge in [-0.15, -0.1) is 0 Å². The van der Waals surface area contributed by atoms with Crippen molar-refractivity contribution >= 4 is 34.5 Å². The number of benzene rings is 1. The summed E-state index contributed by atoms with van der Waals surface area (Å²) in [4.78, 5) is 26.8. The Bertz CT molecular complexity index is 703. The van der Waals surface area contributed by atoms with Crippen molar-refractivity contribution in [1.82, 2.24) is 10.3 Å². The number of carboxylic acid groups (broad SMARTS) is 1. The molecule has 0 fully saturated rings. The number of phenols is 1. The summed E-state index contributed by atoms with van der Waals surface area (Å²) in [5.74, 6) is -1.62. The van der Waals surface area contributed by atoms with Gasteiger partial charge in [-0.3, -0.25) is 9.78 Å². The summed E-state index contributed by atoms with van der Waals surface area (Å²) in [5.41, 5.74) is 0.691. The highest BCUT2D eigenvalue weighted by Crippen LogP contribution is 2.19. The molecule has 0 bridgehead atoms. The van der Waals surface area contributed by atoms with Gasteiger partial charge in [-0.05, 0) is 52.9 Å². The van der Waals surface area contributed by atoms with E-state index in [4.69, 9.17) is 5.11 Å². The number of rotatable bonds is 4. The number of halogens is 1. The number of nitrogens with zero attached hydrogens (tertiary/aromatic N) is 1. The molecular weight excluding hydrogens is 387 g/mol. The molecule has 0 aliphatic carbocycles. The molecule has 21 heavy (non-hydrogen) atoms. The van der Waals surface area contributed by atoms with E-state index >= 15 is 0 Å². The van der Waals surface area contributed by atoms with E-state index in [1.54, 1.807) is 12.1 Å². The van der Waals surface area contributed by atoms with Crippen LogP contribution in [0.5, 0.6) is 5.75 Å². The van der Waals surface area contributed by atoms with Crippen molar-refractivity contribution in [2.24, 2.45) is 0 Å². The first-order valence-electron chi connectivity index (χ1n) is 5.92. The monoisotopic (exact) mass is 398 g/mol. The van der Waals surface area contributed by atoms with Gasteiger partial charge < -0.3 is 15.5 Å². The Balaban J connectivity index is 2.09. The standard InChI is InChI=1S/C14H11IN2O4/c15-9-1-2-12(18)11(6-9)13(19)17-7-10-5-8(14(20)21)3-4-16-10/h1-6,18H,7H2,(H,17,19)(H,20,21). The molecule has 0 atom stereocenters. The number of nitrogens with one attached hydrogen (secondary N) is 1. The van der Waals surface area contributed by atoms with Gasteiger partial charge in [0.2, 0.25) is 0 Å². The van der Waals surface area contributed by atoms with Gasteiger partial charge in [0.1, 0.15) is 5.75 Å². The first-order chi connectivity index (χ1) is 9.97. The minimum Gasteiger partial charge on any atom is -0.507 e. The molecule has 2 aromatic rings. The number of phenolic OH excluding ortho intramolecular Hbond substituents is 1. The van der Waals surface area contributed by atoms with Crippen LogP contribution >= 0.6 is 22.6 Å². The Kier molecular flexibility index (Phi) is 4.73. The van der Waals surface area contributed by atoms with Crippen LogP contribution in [0, 0.1) is 3.57 Å². The molecule has 1 aromatic carbocycles. The molecule has 0 aliphatic rings. The van der Waals surface area contributed by atoms with E-state index in [9.17, 15) is 14.7 Å². The van der Waals surface area contributed by atoms with Gasteiger partial charge in [0.05, 0.1) is 23.4 Å². The quantitative estimate of drug-likeness (QED) is 0.685. The lowest BCUT2D eigenvalue weighted by atomic mass is 10.2. The number of carboxylic acids is 1. The average molecular weight is 398 g/mol. The Morgan fingerprint density at radius 2 is 2.00 bits per heavy atom. The van der Waals surface area contributed by atoms with E-state index in [1.165, 1.54) is 24.4 Å². The fourth-order valence-corrected chi connectivity index (χ4v) is 2.16. The summed E-state index contributed by atoms with van der Waals surface area (Å²) in [5, 5.41) is 21.1. The zero-order valence-electron chi connectivity index (χ0n) is 10.7. The fourth-order valence-electron chi connectivity index (χ4n) is 1.66. The van der Waals surface area contributed by atoms with E-state index in [1.807, 2.05) is 22.6 Å². The molecule has 108 valence electrons. The van der Waals surface area contributed by atoms with Gasteiger partial charge in [-0.1, -0.05) is 0 Å². The van der Waals surface area contributed by atoms with Gasteiger partial charge in [0.25, 0.3) is 5.91 Å². The first-order valence-corrected chi connectivity index (χ1v) is 7.00. The Morgan fingerprint density at radius 3 is 2.71 bits per heavy atom. The molecule has 7 heteroatoms. The minimum atomic E-state index is -1.06. The highest BCUT2D eigenvalue weighted by atomic mass is 127. The number of aromatic nitrogens is 1. The van der Waals surface area contributed by atoms with Crippen molar-refractivity contribution in [3.8, 4) is 5.75 Å². The summed E-state index contributed by atoms with van der Waals surface area (Å²) >= 11 is 2.04. The van der Waals surface area contributed by atoms with Crippen LogP contribution in [-0.2, 0) is 6.54 Å². The second-order valence-corrected chi connectivity index (χ2v) is 5.43. The summed E-state index contributed by atoms with van der Waals surface area (Å²) in [7, 11) is 0. The third-order valence-corrected chi connectivity index (χ3v) is 3.37. The number of aromatic hydroxyl groups is 1. The largest absolute Gasteiger partial charge is 0.507 e. The molecule has 2 rings (SSSR count). The van der Waals surface area contributed by atoms with Crippen LogP contribution in [0.1, 0.15) is 26.4 Å². The molecule has 1 amide bonds. The van der Waals surface area contributed by atoms with Gasteiger partial charge in [-0.25, -0.2) is 4.79 Å². The lowest BCUT2D eigenvalue weighted by Gasteiger charge is -2.07. The molecule has 0 aliphatic heterocycles. The maximum absolute atomic E-state index is 12.0. The number of pyridine rings is 1. The second-order valence-electron chi connectivity index (χ2n) is 4.19. The molecule has 0 spiro atoms. The third kappa shape index (κ3) is 3.91. The Labute approximate surface area is 134 Å². The van der Waals surface area contributed by atoms with Gasteiger partial charge in [0.15, 0.2) is 0 Å². The SMILES string of the molecule is O=C(O)c1ccnc(CNC(=O)c2cc(I)ccc2O)c1. The average Bonchev–Trinajstić information content (AvgIpc) is 2.47. The zero-order valence-corrected chi connectivity index (χ0v) is 12.9. The maximum atomic E-state index is 12.0. The number of hydrogen-bond acceptors (Lipinski definition) is 4. The second kappa shape index (κ2) is 6.53. The van der Waals surface area contributed by atoms with E-state index in [0.717, 1.165) is 3.57 Å². The smallest absolute Gasteiger partial charge is 0.335 e. The zero-order chi connectivity index (χ0) is 15.4. The minimum absolute atomic E-state index is 0.0743. The molecular formula is C14H11IN2O4. The summed E-state index contributed by atoms with van der Waals surface area (Å²) in [6.45, 7) is 0.0743. The van der Waals surface area contributed by atoms with E-state index in [-0.39, 0.29) is 23.4 Å². The number of aromatic carboxylic acids is 1. The molecule has 6 nitrogen and oxygen atoms in total. The van der Waals surface area contributed by atoms with Crippen molar-refractivity contribution in [3.63, 3.8) is 0 Å². The van der Waals surface area contributed by atoms with Crippen molar-refractivity contribution in [2.75, 3.05) is 0 Å². The lowest BCUT2D eigenvalue weighted by Crippen LogP contribution is -2.23. The predicted octanol–water partition coefficient (Wildman–Crippen LogP) is 2.02. The molecule has 3 N–H and O–H groups in total. The number of carbonyl (C=O) groups is 2. The molecule has 0 unspecified atom stereocenters. The maximum Gasteiger partial charge on any atom is 0.335 e. The highest BCUT2D eigenvalue weighted by molar-refractivity contribution is 14.1. The number of carbonyl (C=O) groups excluding carboxylic acids is 1. The van der Waals surface area contributed by atoms with Gasteiger partial charge >= 0.3 is 5.97 Å². The van der Waals surface area contributed by atoms with Crippen LogP contribution in [0.2, 0.25) is 0 Å². The van der Waals surface area contributed by atoms with Crippen molar-refractivity contribution in [1.29, 1.82) is 0 Å². The van der Waals surface area contributed by atoms with Crippen LogP contribution in [0.15, 0.2) is 36.5 Å². The number of amides is 1. The first kappa shape index (κ1) is 15.2. The molecule has 1 aromatic heterocycles. The van der Waals surface area contributed by atoms with E-state index in [0.29, 0.717) is 5.69 Å². The Morgan fingerprint density at radius 1 is 1.24 bits per heavy atom. The molecule has 1 heterocycles. The third-order valence-electron chi connectivity index (χ3n) is 2.70.